The number of sulfonamides is 1. The number of fused-ring (bicyclic) bond motifs is 1. The van der Waals surface area contributed by atoms with Gasteiger partial charge in [-0.05, 0) is 60.7 Å². The van der Waals surface area contributed by atoms with E-state index in [0.29, 0.717) is 32.5 Å². The van der Waals surface area contributed by atoms with Crippen molar-refractivity contribution in [2.75, 3.05) is 11.1 Å². The minimum Gasteiger partial charge on any atom is -0.325 e. The van der Waals surface area contributed by atoms with E-state index in [9.17, 15) is 18.0 Å². The average molecular weight is 501 g/mol. The molecule has 0 fully saturated rings. The first kappa shape index (κ1) is 23.0. The Bertz CT molecular complexity index is 1500. The maximum Gasteiger partial charge on any atom is 0.266 e. The molecule has 8 nitrogen and oxygen atoms in total. The Balaban J connectivity index is 1.60. The molecule has 0 unspecified atom stereocenters. The van der Waals surface area contributed by atoms with Crippen molar-refractivity contribution in [3.63, 3.8) is 0 Å². The van der Waals surface area contributed by atoms with Crippen LogP contribution in [-0.4, -0.2) is 29.6 Å². The Morgan fingerprint density at radius 1 is 1.03 bits per heavy atom. The van der Waals surface area contributed by atoms with Gasteiger partial charge in [-0.3, -0.25) is 14.2 Å². The number of hydrogen-bond acceptors (Lipinski definition) is 6. The van der Waals surface area contributed by atoms with E-state index in [2.05, 4.69) is 10.3 Å². The average Bonchev–Trinajstić information content (AvgIpc) is 2.78. The molecule has 0 aliphatic heterocycles. The topological polar surface area (TPSA) is 124 Å². The molecule has 0 bridgehead atoms. The van der Waals surface area contributed by atoms with Crippen LogP contribution < -0.4 is 16.0 Å². The van der Waals surface area contributed by atoms with Gasteiger partial charge in [0, 0.05) is 10.7 Å². The summed E-state index contributed by atoms with van der Waals surface area (Å²) in [5, 5.41) is 9.10. The van der Waals surface area contributed by atoms with Gasteiger partial charge < -0.3 is 5.32 Å². The van der Waals surface area contributed by atoms with E-state index in [1.54, 1.807) is 48.5 Å². The number of carbonyl (C=O) groups excluding carboxylic acids is 1. The monoisotopic (exact) mass is 500 g/mol. The first-order valence-electron chi connectivity index (χ1n) is 9.55. The quantitative estimate of drug-likeness (QED) is 0.309. The number of aromatic nitrogens is 2. The number of rotatable bonds is 6. The van der Waals surface area contributed by atoms with Crippen LogP contribution in [0.5, 0.6) is 0 Å². The predicted octanol–water partition coefficient (Wildman–Crippen LogP) is 3.42. The van der Waals surface area contributed by atoms with Gasteiger partial charge in [0.15, 0.2) is 5.16 Å². The minimum absolute atomic E-state index is 0.0324. The molecule has 1 amide bonds. The zero-order valence-electron chi connectivity index (χ0n) is 16.9. The fraction of sp³-hybridized carbons (Fsp3) is 0.0455. The van der Waals surface area contributed by atoms with Gasteiger partial charge in [0.1, 0.15) is 0 Å². The molecule has 0 saturated carbocycles. The number of amides is 1. The maximum atomic E-state index is 13.2. The molecule has 168 valence electrons. The van der Waals surface area contributed by atoms with E-state index in [1.807, 2.05) is 0 Å². The van der Waals surface area contributed by atoms with Gasteiger partial charge in [-0.1, -0.05) is 35.5 Å². The maximum absolute atomic E-state index is 13.2. The smallest absolute Gasteiger partial charge is 0.266 e. The molecule has 3 N–H and O–H groups in total. The summed E-state index contributed by atoms with van der Waals surface area (Å²) < 4.78 is 24.2. The van der Waals surface area contributed by atoms with Crippen LogP contribution in [0.1, 0.15) is 0 Å². The van der Waals surface area contributed by atoms with E-state index >= 15 is 0 Å². The highest BCUT2D eigenvalue weighted by Gasteiger charge is 2.15. The number of hydrogen-bond donors (Lipinski definition) is 2. The van der Waals surface area contributed by atoms with Crippen molar-refractivity contribution in [3.8, 4) is 5.69 Å². The number of nitrogens with two attached hydrogens (primary N) is 1. The summed E-state index contributed by atoms with van der Waals surface area (Å²) in [6.07, 6.45) is 0. The van der Waals surface area contributed by atoms with Gasteiger partial charge >= 0.3 is 0 Å². The van der Waals surface area contributed by atoms with Crippen LogP contribution in [0, 0.1) is 0 Å². The van der Waals surface area contributed by atoms with Gasteiger partial charge in [0.05, 0.1) is 27.2 Å². The number of anilines is 1. The molecule has 11 heteroatoms. The lowest BCUT2D eigenvalue weighted by atomic mass is 10.2. The summed E-state index contributed by atoms with van der Waals surface area (Å²) in [6.45, 7) is 0. The highest BCUT2D eigenvalue weighted by molar-refractivity contribution is 7.99. The van der Waals surface area contributed by atoms with Gasteiger partial charge in [0.2, 0.25) is 15.9 Å². The molecule has 3 aromatic carbocycles. The van der Waals surface area contributed by atoms with Crippen LogP contribution in [0.4, 0.5) is 5.69 Å². The van der Waals surface area contributed by atoms with Gasteiger partial charge in [-0.15, -0.1) is 0 Å². The predicted molar refractivity (Wildman–Crippen MR) is 130 cm³/mol. The van der Waals surface area contributed by atoms with Crippen molar-refractivity contribution in [1.82, 2.24) is 9.55 Å². The fourth-order valence-electron chi connectivity index (χ4n) is 3.08. The number of para-hydroxylation sites is 1. The van der Waals surface area contributed by atoms with Crippen LogP contribution in [0.15, 0.2) is 87.6 Å². The minimum atomic E-state index is -3.82. The van der Waals surface area contributed by atoms with Crippen molar-refractivity contribution >= 4 is 55.9 Å². The summed E-state index contributed by atoms with van der Waals surface area (Å²) in [6, 6.07) is 19.2. The summed E-state index contributed by atoms with van der Waals surface area (Å²) in [7, 11) is -3.82. The zero-order chi connectivity index (χ0) is 23.6. The van der Waals surface area contributed by atoms with E-state index in [4.69, 9.17) is 16.7 Å². The lowest BCUT2D eigenvalue weighted by Crippen LogP contribution is -2.23. The van der Waals surface area contributed by atoms with Gasteiger partial charge in [-0.2, -0.15) is 0 Å². The van der Waals surface area contributed by atoms with E-state index in [-0.39, 0.29) is 22.1 Å². The first-order valence-corrected chi connectivity index (χ1v) is 12.5. The molecule has 0 aliphatic rings. The number of benzene rings is 3. The van der Waals surface area contributed by atoms with Crippen molar-refractivity contribution in [2.45, 2.75) is 10.1 Å². The Morgan fingerprint density at radius 3 is 2.36 bits per heavy atom. The lowest BCUT2D eigenvalue weighted by Gasteiger charge is -2.13. The van der Waals surface area contributed by atoms with Gasteiger partial charge in [-0.25, -0.2) is 18.5 Å². The Morgan fingerprint density at radius 2 is 1.70 bits per heavy atom. The molecule has 0 saturated heterocycles. The molecular formula is C22H17ClN4O4S2. The molecule has 0 radical (unpaired) electrons. The number of primary sulfonamides is 1. The fourth-order valence-corrected chi connectivity index (χ4v) is 4.54. The molecule has 0 spiro atoms. The second-order valence-electron chi connectivity index (χ2n) is 6.93. The Labute approximate surface area is 198 Å². The second kappa shape index (κ2) is 9.36. The molecule has 1 heterocycles. The van der Waals surface area contributed by atoms with Crippen molar-refractivity contribution in [2.24, 2.45) is 5.14 Å². The summed E-state index contributed by atoms with van der Waals surface area (Å²) >= 11 is 7.09. The van der Waals surface area contributed by atoms with Gasteiger partial charge in [0.25, 0.3) is 5.56 Å². The molecule has 33 heavy (non-hydrogen) atoms. The third-order valence-corrected chi connectivity index (χ3v) is 6.75. The Hall–Kier alpha value is -3.18. The van der Waals surface area contributed by atoms with E-state index in [1.165, 1.54) is 28.8 Å². The van der Waals surface area contributed by atoms with Crippen molar-refractivity contribution < 1.29 is 13.2 Å². The van der Waals surface area contributed by atoms with Crippen LogP contribution in [-0.2, 0) is 14.8 Å². The SMILES string of the molecule is NS(=O)(=O)c1ccc(NC(=O)CSc2nc3ccccc3c(=O)n2-c2ccc(Cl)cc2)cc1. The molecule has 0 aliphatic carbocycles. The number of halogens is 1. The molecular weight excluding hydrogens is 484 g/mol. The number of nitrogens with zero attached hydrogens (tertiary/aromatic N) is 2. The summed E-state index contributed by atoms with van der Waals surface area (Å²) in [5.74, 6) is -0.386. The van der Waals surface area contributed by atoms with Crippen molar-refractivity contribution in [1.29, 1.82) is 0 Å². The first-order chi connectivity index (χ1) is 15.7. The largest absolute Gasteiger partial charge is 0.325 e. The molecule has 4 rings (SSSR count). The van der Waals surface area contributed by atoms with Crippen LogP contribution in [0.2, 0.25) is 5.02 Å². The zero-order valence-corrected chi connectivity index (χ0v) is 19.3. The summed E-state index contributed by atoms with van der Waals surface area (Å²) in [4.78, 5) is 30.2. The third kappa shape index (κ3) is 5.25. The Kier molecular flexibility index (Phi) is 6.52. The third-order valence-electron chi connectivity index (χ3n) is 4.63. The lowest BCUT2D eigenvalue weighted by molar-refractivity contribution is -0.113. The second-order valence-corrected chi connectivity index (χ2v) is 9.88. The number of carbonyl (C=O) groups is 1. The molecule has 1 aromatic heterocycles. The molecule has 4 aromatic rings. The highest BCUT2D eigenvalue weighted by Crippen LogP contribution is 2.23. The van der Waals surface area contributed by atoms with Crippen LogP contribution in [0.3, 0.4) is 0 Å². The van der Waals surface area contributed by atoms with E-state index < -0.39 is 10.0 Å². The standard InChI is InChI=1S/C22H17ClN4O4S2/c23-14-5-9-16(10-6-14)27-21(29)18-3-1-2-4-19(18)26-22(27)32-13-20(28)25-15-7-11-17(12-8-15)33(24,30)31/h1-12H,13H2,(H,25,28)(H2,24,30,31). The normalized spacial score (nSPS) is 11.5. The molecule has 0 atom stereocenters. The van der Waals surface area contributed by atoms with E-state index in [0.717, 1.165) is 11.8 Å². The van der Waals surface area contributed by atoms with Crippen LogP contribution >= 0.6 is 23.4 Å². The number of thioether (sulfide) groups is 1. The highest BCUT2D eigenvalue weighted by atomic mass is 35.5. The number of nitrogens with one attached hydrogen (secondary N) is 1. The van der Waals surface area contributed by atoms with Crippen LogP contribution in [0.25, 0.3) is 16.6 Å². The van der Waals surface area contributed by atoms with Crippen molar-refractivity contribution in [3.05, 3.63) is 88.2 Å². The summed E-state index contributed by atoms with van der Waals surface area (Å²) in [5.41, 5.74) is 1.25.